The number of nitrogens with zero attached hydrogens (tertiary/aromatic N) is 2. The number of hydrogen-bond donors (Lipinski definition) is 0. The fraction of sp³-hybridized carbons (Fsp3) is 0.583. The molecule has 1 saturated carbocycles. The zero-order valence-electron chi connectivity index (χ0n) is 9.27. The van der Waals surface area contributed by atoms with Gasteiger partial charge in [-0.2, -0.15) is 0 Å². The monoisotopic (exact) mass is 218 g/mol. The lowest BCUT2D eigenvalue weighted by Gasteiger charge is -2.49. The second-order valence-electron chi connectivity index (χ2n) is 5.04. The third kappa shape index (κ3) is 1.19. The summed E-state index contributed by atoms with van der Waals surface area (Å²) in [5, 5.41) is 0. The van der Waals surface area contributed by atoms with Gasteiger partial charge >= 0.3 is 5.97 Å². The number of ether oxygens (including phenoxy) is 1. The van der Waals surface area contributed by atoms with Crippen molar-refractivity contribution in [3.8, 4) is 0 Å². The van der Waals surface area contributed by atoms with Crippen LogP contribution in [-0.2, 0) is 15.1 Å². The van der Waals surface area contributed by atoms with E-state index in [0.717, 1.165) is 31.4 Å². The molecule has 2 aliphatic heterocycles. The largest absolute Gasteiger partial charge is 0.452 e. The van der Waals surface area contributed by atoms with Crippen LogP contribution in [0.4, 0.5) is 0 Å². The van der Waals surface area contributed by atoms with E-state index in [4.69, 9.17) is 4.74 Å². The van der Waals surface area contributed by atoms with Gasteiger partial charge in [-0.3, -0.25) is 4.79 Å². The molecule has 84 valence electrons. The molecule has 16 heavy (non-hydrogen) atoms. The third-order valence-corrected chi connectivity index (χ3v) is 3.99. The Bertz CT molecular complexity index is 422. The molecule has 2 bridgehead atoms. The van der Waals surface area contributed by atoms with E-state index in [9.17, 15) is 4.79 Å². The predicted molar refractivity (Wildman–Crippen MR) is 56.4 cm³/mol. The van der Waals surface area contributed by atoms with Gasteiger partial charge in [0.25, 0.3) is 0 Å². The van der Waals surface area contributed by atoms with Gasteiger partial charge in [0, 0.05) is 6.20 Å². The van der Waals surface area contributed by atoms with Gasteiger partial charge in [-0.05, 0) is 38.7 Å². The van der Waals surface area contributed by atoms with Crippen LogP contribution < -0.4 is 0 Å². The molecule has 0 aromatic carbocycles. The maximum absolute atomic E-state index is 11.9. The minimum absolute atomic E-state index is 0.0661. The van der Waals surface area contributed by atoms with Crippen LogP contribution in [0.2, 0.25) is 0 Å². The van der Waals surface area contributed by atoms with E-state index >= 15 is 0 Å². The van der Waals surface area contributed by atoms with Gasteiger partial charge in [0.05, 0.1) is 11.1 Å². The van der Waals surface area contributed by atoms with E-state index in [1.54, 1.807) is 6.20 Å². The Labute approximate surface area is 94.1 Å². The topological polar surface area (TPSA) is 52.1 Å². The smallest absolute Gasteiger partial charge is 0.312 e. The zero-order chi connectivity index (χ0) is 11.2. The SMILES string of the molecule is CC12CCC(c3ccncn3)(CC1)OC2=O. The fourth-order valence-corrected chi connectivity index (χ4v) is 2.68. The molecule has 4 heteroatoms. The number of fused-ring (bicyclic) bond motifs is 3. The summed E-state index contributed by atoms with van der Waals surface area (Å²) >= 11 is 0. The summed E-state index contributed by atoms with van der Waals surface area (Å²) < 4.78 is 5.63. The van der Waals surface area contributed by atoms with Crippen molar-refractivity contribution in [1.29, 1.82) is 0 Å². The van der Waals surface area contributed by atoms with Crippen molar-refractivity contribution in [3.05, 3.63) is 24.3 Å². The first-order chi connectivity index (χ1) is 7.65. The highest BCUT2D eigenvalue weighted by molar-refractivity contribution is 5.78. The average Bonchev–Trinajstić information content (AvgIpc) is 2.33. The van der Waals surface area contributed by atoms with Gasteiger partial charge < -0.3 is 4.74 Å². The molecule has 2 saturated heterocycles. The zero-order valence-corrected chi connectivity index (χ0v) is 9.27. The van der Waals surface area contributed by atoms with E-state index < -0.39 is 5.60 Å². The van der Waals surface area contributed by atoms with E-state index in [2.05, 4.69) is 9.97 Å². The van der Waals surface area contributed by atoms with E-state index in [0.29, 0.717) is 0 Å². The second-order valence-corrected chi connectivity index (χ2v) is 5.04. The van der Waals surface area contributed by atoms with E-state index in [1.807, 2.05) is 13.0 Å². The molecule has 3 fully saturated rings. The average molecular weight is 218 g/mol. The number of hydrogen-bond acceptors (Lipinski definition) is 4. The minimum Gasteiger partial charge on any atom is -0.452 e. The van der Waals surface area contributed by atoms with Crippen molar-refractivity contribution in [1.82, 2.24) is 9.97 Å². The lowest BCUT2D eigenvalue weighted by molar-refractivity contribution is -0.204. The van der Waals surface area contributed by atoms with Crippen LogP contribution in [-0.4, -0.2) is 15.9 Å². The van der Waals surface area contributed by atoms with E-state index in [-0.39, 0.29) is 11.4 Å². The summed E-state index contributed by atoms with van der Waals surface area (Å²) in [5.41, 5.74) is 0.115. The Balaban J connectivity index is 2.00. The maximum Gasteiger partial charge on any atom is 0.312 e. The molecule has 0 N–H and O–H groups in total. The van der Waals surface area contributed by atoms with Crippen molar-refractivity contribution >= 4 is 5.97 Å². The first-order valence-electron chi connectivity index (χ1n) is 5.65. The first-order valence-corrected chi connectivity index (χ1v) is 5.65. The van der Waals surface area contributed by atoms with Crippen molar-refractivity contribution in [2.45, 2.75) is 38.2 Å². The van der Waals surface area contributed by atoms with Crippen molar-refractivity contribution in [2.75, 3.05) is 0 Å². The Morgan fingerprint density at radius 3 is 2.62 bits per heavy atom. The summed E-state index contributed by atoms with van der Waals surface area (Å²) in [6, 6.07) is 1.85. The molecule has 0 radical (unpaired) electrons. The molecule has 1 aliphatic carbocycles. The number of aromatic nitrogens is 2. The Morgan fingerprint density at radius 2 is 2.06 bits per heavy atom. The third-order valence-electron chi connectivity index (χ3n) is 3.99. The normalized spacial score (nSPS) is 37.2. The quantitative estimate of drug-likeness (QED) is 0.674. The molecule has 0 unspecified atom stereocenters. The number of carbonyl (C=O) groups is 1. The molecule has 3 heterocycles. The summed E-state index contributed by atoms with van der Waals surface area (Å²) in [6.07, 6.45) is 6.78. The van der Waals surface area contributed by atoms with E-state index in [1.165, 1.54) is 6.33 Å². The van der Waals surface area contributed by atoms with Gasteiger partial charge in [-0.25, -0.2) is 9.97 Å². The summed E-state index contributed by atoms with van der Waals surface area (Å²) in [7, 11) is 0. The van der Waals surface area contributed by atoms with Crippen molar-refractivity contribution < 1.29 is 9.53 Å². The summed E-state index contributed by atoms with van der Waals surface area (Å²) in [5.74, 6) is -0.0661. The molecule has 4 nitrogen and oxygen atoms in total. The number of carbonyl (C=O) groups excluding carboxylic acids is 1. The van der Waals surface area contributed by atoms with Crippen LogP contribution in [0.3, 0.4) is 0 Å². The Kier molecular flexibility index (Phi) is 1.85. The molecule has 3 aliphatic rings. The van der Waals surface area contributed by atoms with Crippen LogP contribution in [0.5, 0.6) is 0 Å². The summed E-state index contributed by atoms with van der Waals surface area (Å²) in [4.78, 5) is 20.0. The van der Waals surface area contributed by atoms with Gasteiger partial charge in [0.15, 0.2) is 5.60 Å². The second kappa shape index (κ2) is 3.03. The van der Waals surface area contributed by atoms with Crippen LogP contribution in [0.1, 0.15) is 38.3 Å². The lowest BCUT2D eigenvalue weighted by atomic mass is 9.66. The fourth-order valence-electron chi connectivity index (χ4n) is 2.68. The van der Waals surface area contributed by atoms with Crippen molar-refractivity contribution in [3.63, 3.8) is 0 Å². The molecular formula is C12H14N2O2. The molecule has 4 rings (SSSR count). The molecule has 0 amide bonds. The van der Waals surface area contributed by atoms with Crippen LogP contribution >= 0.6 is 0 Å². The first kappa shape index (κ1) is 9.75. The Hall–Kier alpha value is -1.45. The molecule has 0 spiro atoms. The van der Waals surface area contributed by atoms with Gasteiger partial charge in [0.1, 0.15) is 6.33 Å². The van der Waals surface area contributed by atoms with Gasteiger partial charge in [-0.1, -0.05) is 0 Å². The van der Waals surface area contributed by atoms with Crippen molar-refractivity contribution in [2.24, 2.45) is 5.41 Å². The standard InChI is InChI=1S/C12H14N2O2/c1-11-3-5-12(6-4-11,16-10(11)15)9-2-7-13-8-14-9/h2,7-8H,3-6H2,1H3. The predicted octanol–water partition coefficient (Wildman–Crippen LogP) is 1.81. The molecular weight excluding hydrogens is 204 g/mol. The molecule has 1 aromatic heterocycles. The summed E-state index contributed by atoms with van der Waals surface area (Å²) in [6.45, 7) is 2.00. The maximum atomic E-state index is 11.9. The lowest BCUT2D eigenvalue weighted by Crippen LogP contribution is -2.51. The molecule has 1 aromatic rings. The van der Waals surface area contributed by atoms with Gasteiger partial charge in [0.2, 0.25) is 0 Å². The highest BCUT2D eigenvalue weighted by Gasteiger charge is 2.55. The number of rotatable bonds is 1. The van der Waals surface area contributed by atoms with Crippen LogP contribution in [0.15, 0.2) is 18.6 Å². The highest BCUT2D eigenvalue weighted by atomic mass is 16.6. The highest BCUT2D eigenvalue weighted by Crippen LogP contribution is 2.53. The van der Waals surface area contributed by atoms with Crippen LogP contribution in [0.25, 0.3) is 0 Å². The van der Waals surface area contributed by atoms with Crippen LogP contribution in [0, 0.1) is 5.41 Å². The molecule has 0 atom stereocenters. The minimum atomic E-state index is -0.474. The number of esters is 1. The Morgan fingerprint density at radius 1 is 1.31 bits per heavy atom. The van der Waals surface area contributed by atoms with Gasteiger partial charge in [-0.15, -0.1) is 0 Å².